The van der Waals surface area contributed by atoms with Crippen molar-refractivity contribution >= 4 is 28.4 Å². The van der Waals surface area contributed by atoms with Crippen LogP contribution >= 0.6 is 12.4 Å². The summed E-state index contributed by atoms with van der Waals surface area (Å²) in [5.74, 6) is -0.485. The molecule has 2 N–H and O–H groups in total. The summed E-state index contributed by atoms with van der Waals surface area (Å²) in [6.07, 6.45) is 0. The second kappa shape index (κ2) is 8.18. The highest BCUT2D eigenvalue weighted by atomic mass is 35.5. The van der Waals surface area contributed by atoms with E-state index in [1.807, 2.05) is 18.2 Å². The average Bonchev–Trinajstić information content (AvgIpc) is 3.07. The summed E-state index contributed by atoms with van der Waals surface area (Å²) in [5.41, 5.74) is 4.27. The fourth-order valence-corrected chi connectivity index (χ4v) is 3.96. The lowest BCUT2D eigenvalue weighted by molar-refractivity contribution is 0.0600. The van der Waals surface area contributed by atoms with Crippen molar-refractivity contribution in [3.05, 3.63) is 64.2 Å². The van der Waals surface area contributed by atoms with Crippen LogP contribution in [0, 0.1) is 6.92 Å². The summed E-state index contributed by atoms with van der Waals surface area (Å²) in [5, 5.41) is 3.26. The van der Waals surface area contributed by atoms with Crippen molar-refractivity contribution < 1.29 is 17.9 Å². The van der Waals surface area contributed by atoms with E-state index in [9.17, 15) is 13.2 Å². The van der Waals surface area contributed by atoms with E-state index < -0.39 is 16.0 Å². The monoisotopic (exact) mass is 396 g/mol. The first-order chi connectivity index (χ1) is 11.9. The Morgan fingerprint density at radius 1 is 1.15 bits per heavy atom. The molecule has 0 radical (unpaired) electrons. The van der Waals surface area contributed by atoms with E-state index in [0.717, 1.165) is 18.7 Å². The molecule has 0 fully saturated rings. The number of carbonyl (C=O) groups is 1. The van der Waals surface area contributed by atoms with Gasteiger partial charge in [0.25, 0.3) is 0 Å². The van der Waals surface area contributed by atoms with Crippen molar-refractivity contribution in [2.45, 2.75) is 31.5 Å². The quantitative estimate of drug-likeness (QED) is 0.757. The summed E-state index contributed by atoms with van der Waals surface area (Å²) in [6, 6.07) is 10.3. The van der Waals surface area contributed by atoms with Crippen molar-refractivity contribution in [3.8, 4) is 0 Å². The van der Waals surface area contributed by atoms with Crippen LogP contribution < -0.4 is 10.0 Å². The van der Waals surface area contributed by atoms with Crippen LogP contribution in [0.15, 0.2) is 41.3 Å². The maximum absolute atomic E-state index is 12.5. The van der Waals surface area contributed by atoms with Crippen molar-refractivity contribution in [1.29, 1.82) is 0 Å². The molecule has 2 aromatic rings. The Hall–Kier alpha value is -1.93. The fourth-order valence-electron chi connectivity index (χ4n) is 2.86. The molecule has 1 aliphatic heterocycles. The van der Waals surface area contributed by atoms with Gasteiger partial charge >= 0.3 is 5.97 Å². The van der Waals surface area contributed by atoms with Gasteiger partial charge in [0.15, 0.2) is 0 Å². The summed E-state index contributed by atoms with van der Waals surface area (Å²) >= 11 is 0. The SMILES string of the molecule is COC(=O)c1ccc(S(=O)(=O)NCc2ccc3c(c2)CNC3)cc1C.Cl. The van der Waals surface area contributed by atoms with E-state index in [1.165, 1.54) is 36.4 Å². The minimum atomic E-state index is -3.66. The molecule has 2 aromatic carbocycles. The summed E-state index contributed by atoms with van der Waals surface area (Å²) in [6.45, 7) is 3.56. The van der Waals surface area contributed by atoms with E-state index >= 15 is 0 Å². The zero-order chi connectivity index (χ0) is 18.0. The number of sulfonamides is 1. The first-order valence-corrected chi connectivity index (χ1v) is 9.39. The van der Waals surface area contributed by atoms with Crippen molar-refractivity contribution in [2.24, 2.45) is 0 Å². The van der Waals surface area contributed by atoms with Crippen LogP contribution in [0.1, 0.15) is 32.6 Å². The number of rotatable bonds is 5. The molecule has 1 aliphatic rings. The van der Waals surface area contributed by atoms with Gasteiger partial charge < -0.3 is 10.1 Å². The van der Waals surface area contributed by atoms with Crippen LogP contribution in [0.4, 0.5) is 0 Å². The number of methoxy groups -OCH3 is 1. The molecule has 26 heavy (non-hydrogen) atoms. The van der Waals surface area contributed by atoms with Crippen molar-refractivity contribution in [3.63, 3.8) is 0 Å². The topological polar surface area (TPSA) is 84.5 Å². The summed E-state index contributed by atoms with van der Waals surface area (Å²) < 4.78 is 32.3. The number of halogens is 1. The fraction of sp³-hybridized carbons (Fsp3) is 0.278. The molecule has 6 nitrogen and oxygen atoms in total. The van der Waals surface area contributed by atoms with Gasteiger partial charge in [-0.1, -0.05) is 18.2 Å². The van der Waals surface area contributed by atoms with Gasteiger partial charge in [-0.05, 0) is 47.4 Å². The Morgan fingerprint density at radius 3 is 2.58 bits per heavy atom. The molecule has 0 unspecified atom stereocenters. The zero-order valence-corrected chi connectivity index (χ0v) is 16.2. The Kier molecular flexibility index (Phi) is 6.41. The Labute approximate surface area is 159 Å². The smallest absolute Gasteiger partial charge is 0.338 e. The second-order valence-electron chi connectivity index (χ2n) is 6.00. The van der Waals surface area contributed by atoms with Gasteiger partial charge in [-0.3, -0.25) is 0 Å². The Bertz CT molecular complexity index is 929. The van der Waals surface area contributed by atoms with Crippen LogP contribution in [0.2, 0.25) is 0 Å². The van der Waals surface area contributed by atoms with Crippen LogP contribution in [0.5, 0.6) is 0 Å². The Balaban J connectivity index is 0.00000243. The third-order valence-corrected chi connectivity index (χ3v) is 5.68. The molecular weight excluding hydrogens is 376 g/mol. The van der Waals surface area contributed by atoms with Gasteiger partial charge in [-0.25, -0.2) is 17.9 Å². The third-order valence-electron chi connectivity index (χ3n) is 4.28. The van der Waals surface area contributed by atoms with E-state index in [1.54, 1.807) is 6.92 Å². The second-order valence-corrected chi connectivity index (χ2v) is 7.77. The molecule has 0 atom stereocenters. The van der Waals surface area contributed by atoms with Gasteiger partial charge in [0.05, 0.1) is 17.6 Å². The summed E-state index contributed by atoms with van der Waals surface area (Å²) in [4.78, 5) is 11.7. The molecule has 0 amide bonds. The van der Waals surface area contributed by atoms with Crippen LogP contribution in [0.25, 0.3) is 0 Å². The van der Waals surface area contributed by atoms with Crippen LogP contribution in [-0.2, 0) is 34.4 Å². The normalized spacial score (nSPS) is 13.0. The van der Waals surface area contributed by atoms with E-state index in [2.05, 4.69) is 14.8 Å². The van der Waals surface area contributed by atoms with Crippen LogP contribution in [-0.4, -0.2) is 21.5 Å². The van der Waals surface area contributed by atoms with E-state index in [4.69, 9.17) is 0 Å². The molecule has 0 saturated heterocycles. The number of aryl methyl sites for hydroxylation is 1. The molecular formula is C18H21ClN2O4S. The molecule has 8 heteroatoms. The maximum Gasteiger partial charge on any atom is 0.338 e. The lowest BCUT2D eigenvalue weighted by atomic mass is 10.1. The van der Waals surface area contributed by atoms with Gasteiger partial charge in [0.2, 0.25) is 10.0 Å². The largest absolute Gasteiger partial charge is 0.465 e. The zero-order valence-electron chi connectivity index (χ0n) is 14.5. The number of carbonyl (C=O) groups excluding carboxylic acids is 1. The number of nitrogens with one attached hydrogen (secondary N) is 2. The number of hydrogen-bond donors (Lipinski definition) is 2. The van der Waals surface area contributed by atoms with Crippen molar-refractivity contribution in [2.75, 3.05) is 7.11 Å². The average molecular weight is 397 g/mol. The Morgan fingerprint density at radius 2 is 1.88 bits per heavy atom. The van der Waals surface area contributed by atoms with E-state index in [-0.39, 0.29) is 23.8 Å². The molecule has 3 rings (SSSR count). The number of esters is 1. The lowest BCUT2D eigenvalue weighted by Crippen LogP contribution is -2.23. The van der Waals surface area contributed by atoms with Gasteiger partial charge in [-0.2, -0.15) is 0 Å². The lowest BCUT2D eigenvalue weighted by Gasteiger charge is -2.10. The van der Waals surface area contributed by atoms with E-state index in [0.29, 0.717) is 11.1 Å². The third kappa shape index (κ3) is 4.24. The molecule has 0 spiro atoms. The minimum Gasteiger partial charge on any atom is -0.465 e. The van der Waals surface area contributed by atoms with Gasteiger partial charge in [0, 0.05) is 19.6 Å². The molecule has 0 saturated carbocycles. The maximum atomic E-state index is 12.5. The molecule has 0 bridgehead atoms. The van der Waals surface area contributed by atoms with Crippen molar-refractivity contribution in [1.82, 2.24) is 10.0 Å². The first kappa shape index (κ1) is 20.4. The predicted molar refractivity (Wildman–Crippen MR) is 101 cm³/mol. The number of benzene rings is 2. The summed E-state index contributed by atoms with van der Waals surface area (Å²) in [7, 11) is -2.37. The highest BCUT2D eigenvalue weighted by Crippen LogP contribution is 2.19. The van der Waals surface area contributed by atoms with Crippen LogP contribution in [0.3, 0.4) is 0 Å². The molecule has 140 valence electrons. The number of fused-ring (bicyclic) bond motifs is 1. The molecule has 0 aromatic heterocycles. The van der Waals surface area contributed by atoms with Gasteiger partial charge in [-0.15, -0.1) is 12.4 Å². The standard InChI is InChI=1S/C18H20N2O4S.ClH/c1-12-7-16(5-6-17(12)18(21)24-2)25(22,23)20-9-13-3-4-14-10-19-11-15(14)8-13;/h3-8,19-20H,9-11H2,1-2H3;1H. The number of ether oxygens (including phenoxy) is 1. The number of hydrogen-bond acceptors (Lipinski definition) is 5. The molecule has 0 aliphatic carbocycles. The minimum absolute atomic E-state index is 0. The predicted octanol–water partition coefficient (Wildman–Crippen LogP) is 2.29. The highest BCUT2D eigenvalue weighted by Gasteiger charge is 2.18. The first-order valence-electron chi connectivity index (χ1n) is 7.91. The van der Waals surface area contributed by atoms with Gasteiger partial charge in [0.1, 0.15) is 0 Å². The highest BCUT2D eigenvalue weighted by molar-refractivity contribution is 7.89. The molecule has 1 heterocycles.